The summed E-state index contributed by atoms with van der Waals surface area (Å²) in [6.45, 7) is 1.49. The molecule has 0 radical (unpaired) electrons. The van der Waals surface area contributed by atoms with Crippen LogP contribution < -0.4 is 0 Å². The normalized spacial score (nSPS) is 25.7. The number of epoxide rings is 1. The van der Waals surface area contributed by atoms with Gasteiger partial charge in [-0.1, -0.05) is 12.1 Å². The Hall–Kier alpha value is -1.22. The van der Waals surface area contributed by atoms with Crippen LogP contribution in [0.4, 0.5) is 4.39 Å². The zero-order valence-corrected chi connectivity index (χ0v) is 7.16. The number of halogens is 1. The first kappa shape index (κ1) is 8.38. The van der Waals surface area contributed by atoms with E-state index in [9.17, 15) is 9.18 Å². The van der Waals surface area contributed by atoms with Gasteiger partial charge >= 0.3 is 0 Å². The van der Waals surface area contributed by atoms with Gasteiger partial charge < -0.3 is 4.74 Å². The molecule has 1 fully saturated rings. The van der Waals surface area contributed by atoms with Crippen molar-refractivity contribution in [1.82, 2.24) is 0 Å². The van der Waals surface area contributed by atoms with Crippen molar-refractivity contribution in [3.8, 4) is 0 Å². The molecule has 2 rings (SSSR count). The molecule has 68 valence electrons. The zero-order chi connectivity index (χ0) is 9.42. The molecule has 1 aromatic rings. The molecule has 1 saturated heterocycles. The van der Waals surface area contributed by atoms with Gasteiger partial charge in [0.1, 0.15) is 18.0 Å². The van der Waals surface area contributed by atoms with Crippen LogP contribution in [0, 0.1) is 5.82 Å². The van der Waals surface area contributed by atoms with Crippen molar-refractivity contribution in [3.05, 3.63) is 35.6 Å². The number of hydrogen-bond donors (Lipinski definition) is 0. The van der Waals surface area contributed by atoms with Gasteiger partial charge in [0.15, 0.2) is 5.78 Å². The van der Waals surface area contributed by atoms with E-state index in [0.717, 1.165) is 5.56 Å². The predicted molar refractivity (Wildman–Crippen MR) is 44.7 cm³/mol. The number of benzene rings is 1. The SMILES string of the molecule is CC(=O)[C@H]1O[C@H]1c1ccc(F)cc1. The Balaban J connectivity index is 2.12. The number of rotatable bonds is 2. The van der Waals surface area contributed by atoms with E-state index in [-0.39, 0.29) is 23.8 Å². The number of carbonyl (C=O) groups is 1. The molecule has 0 N–H and O–H groups in total. The van der Waals surface area contributed by atoms with Crippen molar-refractivity contribution in [2.24, 2.45) is 0 Å². The van der Waals surface area contributed by atoms with Crippen LogP contribution in [-0.4, -0.2) is 11.9 Å². The topological polar surface area (TPSA) is 29.6 Å². The minimum Gasteiger partial charge on any atom is -0.356 e. The molecule has 0 aliphatic carbocycles. The van der Waals surface area contributed by atoms with Gasteiger partial charge in [-0.2, -0.15) is 0 Å². The van der Waals surface area contributed by atoms with Crippen molar-refractivity contribution in [2.45, 2.75) is 19.1 Å². The van der Waals surface area contributed by atoms with Gasteiger partial charge in [0, 0.05) is 0 Å². The highest BCUT2D eigenvalue weighted by Crippen LogP contribution is 2.38. The van der Waals surface area contributed by atoms with Gasteiger partial charge in [-0.15, -0.1) is 0 Å². The summed E-state index contributed by atoms with van der Waals surface area (Å²) in [5, 5.41) is 0. The number of carbonyl (C=O) groups excluding carboxylic acids is 1. The highest BCUT2D eigenvalue weighted by Gasteiger charge is 2.43. The highest BCUT2D eigenvalue weighted by molar-refractivity contribution is 5.83. The molecule has 13 heavy (non-hydrogen) atoms. The first-order valence-corrected chi connectivity index (χ1v) is 4.10. The molecule has 2 atom stereocenters. The van der Waals surface area contributed by atoms with E-state index in [1.807, 2.05) is 0 Å². The second kappa shape index (κ2) is 2.92. The molecule has 2 nitrogen and oxygen atoms in total. The number of hydrogen-bond acceptors (Lipinski definition) is 2. The largest absolute Gasteiger partial charge is 0.356 e. The van der Waals surface area contributed by atoms with E-state index in [0.29, 0.717) is 0 Å². The maximum absolute atomic E-state index is 12.5. The third kappa shape index (κ3) is 1.60. The van der Waals surface area contributed by atoms with E-state index >= 15 is 0 Å². The fraction of sp³-hybridized carbons (Fsp3) is 0.300. The minimum atomic E-state index is -0.314. The molecule has 0 bridgehead atoms. The maximum Gasteiger partial charge on any atom is 0.161 e. The van der Waals surface area contributed by atoms with E-state index in [1.165, 1.54) is 19.1 Å². The minimum absolute atomic E-state index is 0.0225. The number of ketones is 1. The Kier molecular flexibility index (Phi) is 1.88. The fourth-order valence-corrected chi connectivity index (χ4v) is 1.33. The Morgan fingerprint density at radius 2 is 2.00 bits per heavy atom. The lowest BCUT2D eigenvalue weighted by molar-refractivity contribution is -0.118. The quantitative estimate of drug-likeness (QED) is 0.650. The lowest BCUT2D eigenvalue weighted by atomic mass is 10.1. The molecule has 1 heterocycles. The van der Waals surface area contributed by atoms with Gasteiger partial charge in [0.25, 0.3) is 0 Å². The third-order valence-electron chi connectivity index (χ3n) is 2.09. The standard InChI is InChI=1S/C10H9FO2/c1-6(12)9-10(13-9)7-2-4-8(11)5-3-7/h2-5,9-10H,1H3/t9-,10+/m1/s1. The summed E-state index contributed by atoms with van der Waals surface area (Å²) < 4.78 is 17.7. The second-order valence-electron chi connectivity index (χ2n) is 3.14. The second-order valence-corrected chi connectivity index (χ2v) is 3.14. The van der Waals surface area contributed by atoms with Crippen LogP contribution in [0.2, 0.25) is 0 Å². The molecule has 1 aromatic carbocycles. The van der Waals surface area contributed by atoms with Crippen LogP contribution in [0.15, 0.2) is 24.3 Å². The van der Waals surface area contributed by atoms with Crippen LogP contribution in [0.3, 0.4) is 0 Å². The molecule has 1 aliphatic heterocycles. The summed E-state index contributed by atoms with van der Waals surface area (Å²) in [5.74, 6) is -0.252. The Bertz CT molecular complexity index is 331. The van der Waals surface area contributed by atoms with Gasteiger partial charge in [0.05, 0.1) is 0 Å². The molecule has 3 heteroatoms. The summed E-state index contributed by atoms with van der Waals surface area (Å²) in [7, 11) is 0. The van der Waals surface area contributed by atoms with Gasteiger partial charge in [-0.3, -0.25) is 4.79 Å². The predicted octanol–water partition coefficient (Wildman–Crippen LogP) is 1.85. The highest BCUT2D eigenvalue weighted by atomic mass is 19.1. The fourth-order valence-electron chi connectivity index (χ4n) is 1.33. The number of Topliss-reactive ketones (excluding diaryl/α,β-unsaturated/α-hetero) is 1. The van der Waals surface area contributed by atoms with Gasteiger partial charge in [-0.25, -0.2) is 4.39 Å². The van der Waals surface area contributed by atoms with Gasteiger partial charge in [-0.05, 0) is 24.6 Å². The van der Waals surface area contributed by atoms with Crippen molar-refractivity contribution >= 4 is 5.78 Å². The molecule has 0 saturated carbocycles. The van der Waals surface area contributed by atoms with E-state index in [2.05, 4.69) is 0 Å². The summed E-state index contributed by atoms with van der Waals surface area (Å²) in [5.41, 5.74) is 0.863. The summed E-state index contributed by atoms with van der Waals surface area (Å²) in [4.78, 5) is 10.9. The summed E-state index contributed by atoms with van der Waals surface area (Å²) >= 11 is 0. The molecule has 0 spiro atoms. The van der Waals surface area contributed by atoms with Crippen molar-refractivity contribution in [3.63, 3.8) is 0 Å². The van der Waals surface area contributed by atoms with Crippen LogP contribution >= 0.6 is 0 Å². The lowest BCUT2D eigenvalue weighted by Crippen LogP contribution is -2.00. The Morgan fingerprint density at radius 3 is 2.46 bits per heavy atom. The molecule has 0 amide bonds. The average molecular weight is 180 g/mol. The van der Waals surface area contributed by atoms with Crippen LogP contribution in [0.1, 0.15) is 18.6 Å². The zero-order valence-electron chi connectivity index (χ0n) is 7.16. The molecule has 1 aliphatic rings. The smallest absolute Gasteiger partial charge is 0.161 e. The van der Waals surface area contributed by atoms with Gasteiger partial charge in [0.2, 0.25) is 0 Å². The van der Waals surface area contributed by atoms with Crippen LogP contribution in [-0.2, 0) is 9.53 Å². The first-order valence-electron chi connectivity index (χ1n) is 4.10. The average Bonchev–Trinajstić information content (AvgIpc) is 2.85. The van der Waals surface area contributed by atoms with Crippen LogP contribution in [0.5, 0.6) is 0 Å². The van der Waals surface area contributed by atoms with Crippen molar-refractivity contribution in [2.75, 3.05) is 0 Å². The lowest BCUT2D eigenvalue weighted by Gasteiger charge is -1.93. The van der Waals surface area contributed by atoms with Crippen molar-refractivity contribution < 1.29 is 13.9 Å². The Morgan fingerprint density at radius 1 is 1.38 bits per heavy atom. The van der Waals surface area contributed by atoms with E-state index < -0.39 is 0 Å². The Labute approximate surface area is 75.3 Å². The molecular formula is C10H9FO2. The van der Waals surface area contributed by atoms with Crippen LogP contribution in [0.25, 0.3) is 0 Å². The summed E-state index contributed by atoms with van der Waals surface area (Å²) in [6.07, 6.45) is -0.469. The third-order valence-corrected chi connectivity index (χ3v) is 2.09. The number of ether oxygens (including phenoxy) is 1. The first-order chi connectivity index (χ1) is 6.18. The van der Waals surface area contributed by atoms with Crippen molar-refractivity contribution in [1.29, 1.82) is 0 Å². The summed E-state index contributed by atoms with van der Waals surface area (Å²) in [6, 6.07) is 6.02. The maximum atomic E-state index is 12.5. The van der Waals surface area contributed by atoms with E-state index in [4.69, 9.17) is 4.74 Å². The monoisotopic (exact) mass is 180 g/mol. The van der Waals surface area contributed by atoms with E-state index in [1.54, 1.807) is 12.1 Å². The molecule has 0 unspecified atom stereocenters. The molecular weight excluding hydrogens is 171 g/mol. The molecule has 0 aromatic heterocycles.